The molecule has 2 unspecified atom stereocenters. The summed E-state index contributed by atoms with van der Waals surface area (Å²) in [6.07, 6.45) is 1.05. The van der Waals surface area contributed by atoms with Crippen molar-refractivity contribution in [3.05, 3.63) is 70.8 Å². The summed E-state index contributed by atoms with van der Waals surface area (Å²) in [5.74, 6) is 0.377. The Morgan fingerprint density at radius 3 is 2.26 bits per heavy atom. The third-order valence-corrected chi connectivity index (χ3v) is 4.11. The van der Waals surface area contributed by atoms with E-state index in [-0.39, 0.29) is 6.04 Å². The van der Waals surface area contributed by atoms with Crippen molar-refractivity contribution >= 4 is 0 Å². The number of nitrogens with two attached hydrogens (primary N) is 1. The number of rotatable bonds is 4. The van der Waals surface area contributed by atoms with Gasteiger partial charge in [-0.15, -0.1) is 0 Å². The first kappa shape index (κ1) is 13.8. The molecule has 0 fully saturated rings. The van der Waals surface area contributed by atoms with Gasteiger partial charge in [0.2, 0.25) is 0 Å². The van der Waals surface area contributed by atoms with E-state index in [0.29, 0.717) is 5.92 Å². The van der Waals surface area contributed by atoms with Crippen LogP contribution in [-0.4, -0.2) is 0 Å². The smallest absolute Gasteiger partial charge is 0.0367 e. The van der Waals surface area contributed by atoms with Gasteiger partial charge in [0.1, 0.15) is 0 Å². The molecule has 0 aliphatic rings. The first-order valence-corrected chi connectivity index (χ1v) is 7.01. The Labute approximate surface area is 116 Å². The molecule has 0 amide bonds. The highest BCUT2D eigenvalue weighted by atomic mass is 14.7. The van der Waals surface area contributed by atoms with Crippen LogP contribution in [0, 0.1) is 13.8 Å². The van der Waals surface area contributed by atoms with Crippen LogP contribution < -0.4 is 5.73 Å². The van der Waals surface area contributed by atoms with Crippen LogP contribution in [0.15, 0.2) is 48.5 Å². The highest BCUT2D eigenvalue weighted by Gasteiger charge is 2.21. The van der Waals surface area contributed by atoms with E-state index in [1.165, 1.54) is 22.3 Å². The fourth-order valence-electron chi connectivity index (χ4n) is 2.75. The fourth-order valence-corrected chi connectivity index (χ4v) is 2.75. The molecule has 19 heavy (non-hydrogen) atoms. The summed E-state index contributed by atoms with van der Waals surface area (Å²) in [5.41, 5.74) is 11.8. The third kappa shape index (κ3) is 2.87. The van der Waals surface area contributed by atoms with Crippen molar-refractivity contribution in [2.75, 3.05) is 0 Å². The van der Waals surface area contributed by atoms with Crippen LogP contribution in [0.2, 0.25) is 0 Å². The maximum atomic E-state index is 6.55. The standard InChI is InChI=1S/C18H23N/c1-4-16(15-10-6-5-7-11-15)18(19)17-12-8-9-13(2)14(17)3/h5-12,16,18H,4,19H2,1-3H3. The maximum absolute atomic E-state index is 6.55. The summed E-state index contributed by atoms with van der Waals surface area (Å²) >= 11 is 0. The van der Waals surface area contributed by atoms with Crippen molar-refractivity contribution in [3.8, 4) is 0 Å². The third-order valence-electron chi connectivity index (χ3n) is 4.11. The lowest BCUT2D eigenvalue weighted by atomic mass is 9.83. The molecule has 1 heteroatoms. The zero-order chi connectivity index (χ0) is 13.8. The van der Waals surface area contributed by atoms with Crippen LogP contribution in [0.25, 0.3) is 0 Å². The van der Waals surface area contributed by atoms with Crippen molar-refractivity contribution in [1.82, 2.24) is 0 Å². The number of hydrogen-bond donors (Lipinski definition) is 1. The lowest BCUT2D eigenvalue weighted by Gasteiger charge is -2.25. The molecule has 2 rings (SSSR count). The van der Waals surface area contributed by atoms with Gasteiger partial charge in [0.25, 0.3) is 0 Å². The predicted octanol–water partition coefficient (Wildman–Crippen LogP) is 4.50. The second-order valence-corrected chi connectivity index (χ2v) is 5.24. The Kier molecular flexibility index (Phi) is 4.39. The van der Waals surface area contributed by atoms with Crippen molar-refractivity contribution in [2.45, 2.75) is 39.2 Å². The molecule has 0 aliphatic carbocycles. The van der Waals surface area contributed by atoms with Crippen molar-refractivity contribution in [3.63, 3.8) is 0 Å². The van der Waals surface area contributed by atoms with Crippen molar-refractivity contribution < 1.29 is 0 Å². The molecule has 0 spiro atoms. The topological polar surface area (TPSA) is 26.0 Å². The van der Waals surface area contributed by atoms with E-state index < -0.39 is 0 Å². The Bertz CT molecular complexity index is 531. The van der Waals surface area contributed by atoms with Gasteiger partial charge in [0, 0.05) is 12.0 Å². The van der Waals surface area contributed by atoms with Gasteiger partial charge in [0.15, 0.2) is 0 Å². The van der Waals surface area contributed by atoms with Crippen LogP contribution in [0.4, 0.5) is 0 Å². The highest BCUT2D eigenvalue weighted by molar-refractivity contribution is 5.37. The lowest BCUT2D eigenvalue weighted by molar-refractivity contribution is 0.537. The van der Waals surface area contributed by atoms with Crippen molar-refractivity contribution in [1.29, 1.82) is 0 Å². The van der Waals surface area contributed by atoms with E-state index >= 15 is 0 Å². The van der Waals surface area contributed by atoms with Gasteiger partial charge in [-0.05, 0) is 42.5 Å². The molecular formula is C18H23N. The fraction of sp³-hybridized carbons (Fsp3) is 0.333. The van der Waals surface area contributed by atoms with Gasteiger partial charge < -0.3 is 5.73 Å². The van der Waals surface area contributed by atoms with Gasteiger partial charge in [-0.2, -0.15) is 0 Å². The molecule has 100 valence electrons. The van der Waals surface area contributed by atoms with E-state index in [1.807, 2.05) is 0 Å². The second-order valence-electron chi connectivity index (χ2n) is 5.24. The first-order chi connectivity index (χ1) is 9.15. The molecule has 0 heterocycles. The molecule has 0 aliphatic heterocycles. The Morgan fingerprint density at radius 2 is 1.63 bits per heavy atom. The van der Waals surface area contributed by atoms with Crippen LogP contribution in [-0.2, 0) is 0 Å². The Balaban J connectivity index is 2.36. The van der Waals surface area contributed by atoms with Crippen LogP contribution in [0.3, 0.4) is 0 Å². The van der Waals surface area contributed by atoms with E-state index in [2.05, 4.69) is 69.3 Å². The summed E-state index contributed by atoms with van der Waals surface area (Å²) in [7, 11) is 0. The summed E-state index contributed by atoms with van der Waals surface area (Å²) in [5, 5.41) is 0. The molecule has 0 aromatic heterocycles. The normalized spacial score (nSPS) is 14.1. The Morgan fingerprint density at radius 1 is 0.947 bits per heavy atom. The second kappa shape index (κ2) is 6.03. The molecule has 0 saturated heterocycles. The zero-order valence-corrected chi connectivity index (χ0v) is 12.1. The molecule has 2 atom stereocenters. The number of aryl methyl sites for hydroxylation is 1. The van der Waals surface area contributed by atoms with Gasteiger partial charge in [0.05, 0.1) is 0 Å². The van der Waals surface area contributed by atoms with Gasteiger partial charge in [-0.25, -0.2) is 0 Å². The monoisotopic (exact) mass is 253 g/mol. The van der Waals surface area contributed by atoms with E-state index in [9.17, 15) is 0 Å². The van der Waals surface area contributed by atoms with Crippen LogP contribution in [0.1, 0.15) is 47.6 Å². The number of benzene rings is 2. The molecule has 2 N–H and O–H groups in total. The Hall–Kier alpha value is -1.60. The molecule has 2 aromatic carbocycles. The van der Waals surface area contributed by atoms with Gasteiger partial charge in [-0.1, -0.05) is 55.5 Å². The number of hydrogen-bond acceptors (Lipinski definition) is 1. The predicted molar refractivity (Wildman–Crippen MR) is 82.3 cm³/mol. The van der Waals surface area contributed by atoms with Crippen LogP contribution >= 0.6 is 0 Å². The minimum absolute atomic E-state index is 0.0623. The highest BCUT2D eigenvalue weighted by Crippen LogP contribution is 2.33. The molecule has 0 saturated carbocycles. The average molecular weight is 253 g/mol. The van der Waals surface area contributed by atoms with Crippen LogP contribution in [0.5, 0.6) is 0 Å². The first-order valence-electron chi connectivity index (χ1n) is 7.01. The largest absolute Gasteiger partial charge is 0.323 e. The maximum Gasteiger partial charge on any atom is 0.0367 e. The summed E-state index contributed by atoms with van der Waals surface area (Å²) in [6.45, 7) is 6.53. The molecule has 0 bridgehead atoms. The average Bonchev–Trinajstić information content (AvgIpc) is 2.44. The quantitative estimate of drug-likeness (QED) is 0.853. The van der Waals surface area contributed by atoms with Crippen molar-refractivity contribution in [2.24, 2.45) is 5.73 Å². The minimum Gasteiger partial charge on any atom is -0.323 e. The van der Waals surface area contributed by atoms with Gasteiger partial charge >= 0.3 is 0 Å². The lowest BCUT2D eigenvalue weighted by Crippen LogP contribution is -2.20. The zero-order valence-electron chi connectivity index (χ0n) is 12.1. The van der Waals surface area contributed by atoms with E-state index in [0.717, 1.165) is 6.42 Å². The molecule has 2 aromatic rings. The molecule has 0 radical (unpaired) electrons. The van der Waals surface area contributed by atoms with E-state index in [1.54, 1.807) is 0 Å². The summed E-state index contributed by atoms with van der Waals surface area (Å²) in [6, 6.07) is 17.1. The summed E-state index contributed by atoms with van der Waals surface area (Å²) < 4.78 is 0. The molecule has 1 nitrogen and oxygen atoms in total. The SMILES string of the molecule is CCC(c1ccccc1)C(N)c1cccc(C)c1C. The van der Waals surface area contributed by atoms with Gasteiger partial charge in [-0.3, -0.25) is 0 Å². The van der Waals surface area contributed by atoms with E-state index in [4.69, 9.17) is 5.73 Å². The minimum atomic E-state index is 0.0623. The molecular weight excluding hydrogens is 230 g/mol. The summed E-state index contributed by atoms with van der Waals surface area (Å²) in [4.78, 5) is 0.